The SMILES string of the molecule is OB(O)C1CCCC2CCCNC21. The van der Waals surface area contributed by atoms with Crippen molar-refractivity contribution in [3.8, 4) is 0 Å². The first-order chi connectivity index (χ1) is 6.29. The molecule has 1 aliphatic heterocycles. The molecule has 0 aromatic carbocycles. The second kappa shape index (κ2) is 3.99. The van der Waals surface area contributed by atoms with Crippen LogP contribution in [0.15, 0.2) is 0 Å². The summed E-state index contributed by atoms with van der Waals surface area (Å²) in [5.41, 5.74) is 0. The van der Waals surface area contributed by atoms with Gasteiger partial charge in [-0.3, -0.25) is 0 Å². The van der Waals surface area contributed by atoms with E-state index in [0.29, 0.717) is 12.0 Å². The largest absolute Gasteiger partial charge is 0.456 e. The molecule has 3 N–H and O–H groups in total. The van der Waals surface area contributed by atoms with Crippen molar-refractivity contribution in [3.63, 3.8) is 0 Å². The van der Waals surface area contributed by atoms with Gasteiger partial charge in [-0.15, -0.1) is 0 Å². The lowest BCUT2D eigenvalue weighted by Crippen LogP contribution is -2.50. The summed E-state index contributed by atoms with van der Waals surface area (Å²) in [6.07, 6.45) is 5.90. The lowest BCUT2D eigenvalue weighted by molar-refractivity contribution is 0.191. The van der Waals surface area contributed by atoms with Crippen molar-refractivity contribution in [3.05, 3.63) is 0 Å². The number of nitrogens with one attached hydrogen (secondary N) is 1. The molecule has 2 rings (SSSR count). The zero-order chi connectivity index (χ0) is 9.26. The summed E-state index contributed by atoms with van der Waals surface area (Å²) < 4.78 is 0. The fourth-order valence-corrected chi connectivity index (χ4v) is 2.93. The molecule has 2 aliphatic rings. The zero-order valence-electron chi connectivity index (χ0n) is 7.95. The minimum Gasteiger partial charge on any atom is -0.427 e. The van der Waals surface area contributed by atoms with Crippen LogP contribution in [-0.4, -0.2) is 29.8 Å². The van der Waals surface area contributed by atoms with Gasteiger partial charge in [0.15, 0.2) is 0 Å². The van der Waals surface area contributed by atoms with Gasteiger partial charge in [-0.05, 0) is 31.7 Å². The second-order valence-corrected chi connectivity index (χ2v) is 4.39. The molecule has 0 bridgehead atoms. The topological polar surface area (TPSA) is 52.5 Å². The summed E-state index contributed by atoms with van der Waals surface area (Å²) in [6.45, 7) is 1.05. The number of hydrogen-bond acceptors (Lipinski definition) is 3. The Balaban J connectivity index is 2.02. The Labute approximate surface area is 79.7 Å². The van der Waals surface area contributed by atoms with Crippen LogP contribution in [0.1, 0.15) is 32.1 Å². The average molecular weight is 183 g/mol. The molecule has 1 saturated heterocycles. The smallest absolute Gasteiger partial charge is 0.427 e. The molecule has 13 heavy (non-hydrogen) atoms. The van der Waals surface area contributed by atoms with Gasteiger partial charge in [0, 0.05) is 11.9 Å². The molecule has 3 atom stereocenters. The quantitative estimate of drug-likeness (QED) is 0.515. The van der Waals surface area contributed by atoms with E-state index < -0.39 is 7.12 Å². The van der Waals surface area contributed by atoms with E-state index >= 15 is 0 Å². The van der Waals surface area contributed by atoms with Crippen LogP contribution in [0.4, 0.5) is 0 Å². The van der Waals surface area contributed by atoms with Crippen molar-refractivity contribution < 1.29 is 10.0 Å². The van der Waals surface area contributed by atoms with Crippen molar-refractivity contribution in [2.24, 2.45) is 5.92 Å². The predicted molar refractivity (Wildman–Crippen MR) is 52.3 cm³/mol. The Morgan fingerprint density at radius 3 is 2.62 bits per heavy atom. The van der Waals surface area contributed by atoms with E-state index in [0.717, 1.165) is 19.4 Å². The molecule has 1 saturated carbocycles. The van der Waals surface area contributed by atoms with E-state index in [9.17, 15) is 10.0 Å². The molecule has 1 aliphatic carbocycles. The van der Waals surface area contributed by atoms with E-state index in [1.165, 1.54) is 19.3 Å². The van der Waals surface area contributed by atoms with Crippen LogP contribution in [0.5, 0.6) is 0 Å². The molecule has 0 aromatic heterocycles. The Bertz CT molecular complexity index is 175. The van der Waals surface area contributed by atoms with Crippen LogP contribution < -0.4 is 5.32 Å². The highest BCUT2D eigenvalue weighted by atomic mass is 16.4. The molecule has 4 heteroatoms. The van der Waals surface area contributed by atoms with Crippen LogP contribution in [0.2, 0.25) is 5.82 Å². The number of hydrogen-bond donors (Lipinski definition) is 3. The minimum atomic E-state index is -1.13. The second-order valence-electron chi connectivity index (χ2n) is 4.39. The van der Waals surface area contributed by atoms with Gasteiger partial charge in [0.2, 0.25) is 0 Å². The van der Waals surface area contributed by atoms with Gasteiger partial charge in [-0.25, -0.2) is 0 Å². The maximum Gasteiger partial charge on any atom is 0.456 e. The number of fused-ring (bicyclic) bond motifs is 1. The van der Waals surface area contributed by atoms with Crippen molar-refractivity contribution in [1.82, 2.24) is 5.32 Å². The maximum atomic E-state index is 9.23. The highest BCUT2D eigenvalue weighted by Gasteiger charge is 2.40. The standard InChI is InChI=1S/C9H18BNO2/c12-10(13)8-5-1-3-7-4-2-6-11-9(7)8/h7-9,11-13H,1-6H2. The van der Waals surface area contributed by atoms with Crippen LogP contribution in [0.3, 0.4) is 0 Å². The molecule has 74 valence electrons. The summed E-state index contributed by atoms with van der Waals surface area (Å²) >= 11 is 0. The Morgan fingerprint density at radius 1 is 1.08 bits per heavy atom. The zero-order valence-corrected chi connectivity index (χ0v) is 7.95. The number of rotatable bonds is 1. The lowest BCUT2D eigenvalue weighted by atomic mass is 9.58. The van der Waals surface area contributed by atoms with Gasteiger partial charge < -0.3 is 15.4 Å². The molecule has 1 heterocycles. The van der Waals surface area contributed by atoms with E-state index in [1.54, 1.807) is 0 Å². The van der Waals surface area contributed by atoms with Crippen LogP contribution in [0.25, 0.3) is 0 Å². The molecule has 0 spiro atoms. The van der Waals surface area contributed by atoms with Gasteiger partial charge in [-0.1, -0.05) is 12.8 Å². The Kier molecular flexibility index (Phi) is 2.91. The Morgan fingerprint density at radius 2 is 1.85 bits per heavy atom. The van der Waals surface area contributed by atoms with Gasteiger partial charge in [0.1, 0.15) is 0 Å². The van der Waals surface area contributed by atoms with Crippen LogP contribution in [-0.2, 0) is 0 Å². The maximum absolute atomic E-state index is 9.23. The third kappa shape index (κ3) is 1.90. The van der Waals surface area contributed by atoms with E-state index in [2.05, 4.69) is 5.32 Å². The summed E-state index contributed by atoms with van der Waals surface area (Å²) in [6, 6.07) is 0.363. The third-order valence-electron chi connectivity index (χ3n) is 3.60. The number of piperidine rings is 1. The highest BCUT2D eigenvalue weighted by molar-refractivity contribution is 6.43. The minimum absolute atomic E-state index is 0.0686. The third-order valence-corrected chi connectivity index (χ3v) is 3.60. The van der Waals surface area contributed by atoms with Crippen LogP contribution in [0, 0.1) is 5.92 Å². The fourth-order valence-electron chi connectivity index (χ4n) is 2.93. The normalized spacial score (nSPS) is 39.7. The van der Waals surface area contributed by atoms with Gasteiger partial charge in [0.05, 0.1) is 0 Å². The molecule has 0 radical (unpaired) electrons. The van der Waals surface area contributed by atoms with Crippen LogP contribution >= 0.6 is 0 Å². The van der Waals surface area contributed by atoms with Crippen molar-refractivity contribution in [2.75, 3.05) is 6.54 Å². The molecule has 0 amide bonds. The van der Waals surface area contributed by atoms with E-state index in [1.807, 2.05) is 0 Å². The Hall–Kier alpha value is -0.0551. The van der Waals surface area contributed by atoms with Gasteiger partial charge >= 0.3 is 7.12 Å². The lowest BCUT2D eigenvalue weighted by Gasteiger charge is -2.41. The molecular weight excluding hydrogens is 165 g/mol. The predicted octanol–water partition coefficient (Wildman–Crippen LogP) is 0.381. The molecule has 3 nitrogen and oxygen atoms in total. The van der Waals surface area contributed by atoms with Crippen molar-refractivity contribution in [1.29, 1.82) is 0 Å². The van der Waals surface area contributed by atoms with Gasteiger partial charge in [-0.2, -0.15) is 0 Å². The first kappa shape index (κ1) is 9.50. The average Bonchev–Trinajstić information content (AvgIpc) is 2.17. The molecule has 0 aromatic rings. The highest BCUT2D eigenvalue weighted by Crippen LogP contribution is 2.38. The van der Waals surface area contributed by atoms with E-state index in [-0.39, 0.29) is 5.82 Å². The first-order valence-electron chi connectivity index (χ1n) is 5.38. The summed E-state index contributed by atoms with van der Waals surface area (Å²) in [5.74, 6) is 0.758. The van der Waals surface area contributed by atoms with Gasteiger partial charge in [0.25, 0.3) is 0 Å². The fraction of sp³-hybridized carbons (Fsp3) is 1.00. The monoisotopic (exact) mass is 183 g/mol. The van der Waals surface area contributed by atoms with E-state index in [4.69, 9.17) is 0 Å². The summed E-state index contributed by atoms with van der Waals surface area (Å²) in [5, 5.41) is 21.9. The summed E-state index contributed by atoms with van der Waals surface area (Å²) in [7, 11) is -1.13. The molecule has 3 unspecified atom stereocenters. The first-order valence-corrected chi connectivity index (χ1v) is 5.38. The van der Waals surface area contributed by atoms with Crippen molar-refractivity contribution in [2.45, 2.75) is 44.0 Å². The van der Waals surface area contributed by atoms with Crippen molar-refractivity contribution >= 4 is 7.12 Å². The summed E-state index contributed by atoms with van der Waals surface area (Å²) in [4.78, 5) is 0. The molecule has 2 fully saturated rings. The molecular formula is C9H18BNO2.